The van der Waals surface area contributed by atoms with Crippen molar-refractivity contribution in [2.24, 2.45) is 5.10 Å². The van der Waals surface area contributed by atoms with Gasteiger partial charge in [-0.15, -0.1) is 6.42 Å². The number of ether oxygens (including phenoxy) is 1. The Bertz CT molecular complexity index is 919. The van der Waals surface area contributed by atoms with E-state index < -0.39 is 22.5 Å². The fraction of sp³-hybridized carbons (Fsp3) is 0.111. The largest absolute Gasteiger partial charge is 0.480 e. The molecule has 8 heteroatoms. The second-order valence-electron chi connectivity index (χ2n) is 4.96. The minimum Gasteiger partial charge on any atom is -0.480 e. The summed E-state index contributed by atoms with van der Waals surface area (Å²) < 4.78 is 31.6. The van der Waals surface area contributed by atoms with Crippen molar-refractivity contribution in [2.75, 3.05) is 13.2 Å². The van der Waals surface area contributed by atoms with Gasteiger partial charge in [-0.1, -0.05) is 36.3 Å². The smallest absolute Gasteiger partial charge is 0.255 e. The molecule has 0 saturated heterocycles. The third-order valence-electron chi connectivity index (χ3n) is 3.10. The molecular formula is C18H17N3O4S. The van der Waals surface area contributed by atoms with E-state index in [4.69, 9.17) is 11.2 Å². The number of hydrogen-bond acceptors (Lipinski definition) is 5. The molecule has 2 N–H and O–H groups in total. The number of amides is 1. The van der Waals surface area contributed by atoms with Crippen molar-refractivity contribution in [1.82, 2.24) is 10.1 Å². The molecule has 2 rings (SSSR count). The number of hydrogen-bond donors (Lipinski definition) is 2. The average molecular weight is 371 g/mol. The molecule has 0 fully saturated rings. The summed E-state index contributed by atoms with van der Waals surface area (Å²) in [6.45, 7) is -0.331. The van der Waals surface area contributed by atoms with Gasteiger partial charge in [-0.3, -0.25) is 4.79 Å². The summed E-state index contributed by atoms with van der Waals surface area (Å²) in [6, 6.07) is 14.8. The van der Waals surface area contributed by atoms with Gasteiger partial charge in [0.1, 0.15) is 12.4 Å². The van der Waals surface area contributed by atoms with Crippen LogP contribution in [0.15, 0.2) is 64.6 Å². The van der Waals surface area contributed by atoms with Crippen LogP contribution in [0.5, 0.6) is 5.75 Å². The molecule has 0 atom stereocenters. The van der Waals surface area contributed by atoms with Gasteiger partial charge in [0.05, 0.1) is 17.7 Å². The van der Waals surface area contributed by atoms with Gasteiger partial charge in [-0.25, -0.2) is 18.6 Å². The van der Waals surface area contributed by atoms with Gasteiger partial charge >= 0.3 is 0 Å². The first-order valence-electron chi connectivity index (χ1n) is 7.55. The predicted molar refractivity (Wildman–Crippen MR) is 98.1 cm³/mol. The first kappa shape index (κ1) is 19.2. The molecule has 0 bridgehead atoms. The maximum atomic E-state index is 12.0. The topological polar surface area (TPSA) is 96.9 Å². The lowest BCUT2D eigenvalue weighted by molar-refractivity contribution is -0.119. The van der Waals surface area contributed by atoms with Crippen LogP contribution in [0, 0.1) is 12.3 Å². The Hall–Kier alpha value is -3.15. The Morgan fingerprint density at radius 3 is 2.58 bits per heavy atom. The van der Waals surface area contributed by atoms with E-state index in [9.17, 15) is 13.2 Å². The highest BCUT2D eigenvalue weighted by molar-refractivity contribution is 7.89. The standard InChI is InChI=1S/C18H17N3O4S/c1-2-12-25-17-11-7-6-8-15(17)13-19-21-18(22)14-20-26(23,24)16-9-4-3-5-10-16/h1,3-11,13,20H,12,14H2,(H,21,22)/b19-13-. The van der Waals surface area contributed by atoms with Crippen LogP contribution < -0.4 is 14.9 Å². The Labute approximate surface area is 152 Å². The fourth-order valence-corrected chi connectivity index (χ4v) is 2.90. The molecule has 0 aromatic heterocycles. The van der Waals surface area contributed by atoms with Crippen molar-refractivity contribution in [2.45, 2.75) is 4.90 Å². The van der Waals surface area contributed by atoms with Crippen LogP contribution in [0.1, 0.15) is 5.56 Å². The second kappa shape index (κ2) is 9.36. The van der Waals surface area contributed by atoms with E-state index in [1.54, 1.807) is 42.5 Å². The highest BCUT2D eigenvalue weighted by atomic mass is 32.2. The third-order valence-corrected chi connectivity index (χ3v) is 4.52. The van der Waals surface area contributed by atoms with Crippen molar-refractivity contribution in [1.29, 1.82) is 0 Å². The third kappa shape index (κ3) is 5.73. The van der Waals surface area contributed by atoms with Crippen LogP contribution in [0.4, 0.5) is 0 Å². The molecular weight excluding hydrogens is 354 g/mol. The monoisotopic (exact) mass is 371 g/mol. The molecule has 0 unspecified atom stereocenters. The number of benzene rings is 2. The van der Waals surface area contributed by atoms with E-state index >= 15 is 0 Å². The number of rotatable bonds is 8. The zero-order valence-electron chi connectivity index (χ0n) is 13.8. The molecule has 0 aliphatic rings. The van der Waals surface area contributed by atoms with Crippen molar-refractivity contribution >= 4 is 22.1 Å². The zero-order valence-corrected chi connectivity index (χ0v) is 14.6. The van der Waals surface area contributed by atoms with Crippen molar-refractivity contribution in [3.63, 3.8) is 0 Å². The van der Waals surface area contributed by atoms with Crippen LogP contribution in [-0.4, -0.2) is 33.7 Å². The molecule has 2 aromatic carbocycles. The number of sulfonamides is 1. The van der Waals surface area contributed by atoms with Gasteiger partial charge in [0, 0.05) is 5.56 Å². The number of para-hydroxylation sites is 1. The van der Waals surface area contributed by atoms with E-state index in [0.29, 0.717) is 11.3 Å². The average Bonchev–Trinajstić information content (AvgIpc) is 2.66. The fourth-order valence-electron chi connectivity index (χ4n) is 1.89. The Morgan fingerprint density at radius 1 is 1.15 bits per heavy atom. The Balaban J connectivity index is 1.89. The SMILES string of the molecule is C#CCOc1ccccc1/C=N\NC(=O)CNS(=O)(=O)c1ccccc1. The molecule has 26 heavy (non-hydrogen) atoms. The quantitative estimate of drug-likeness (QED) is 0.413. The molecule has 7 nitrogen and oxygen atoms in total. The first-order chi connectivity index (χ1) is 12.5. The molecule has 0 saturated carbocycles. The molecule has 0 aliphatic carbocycles. The van der Waals surface area contributed by atoms with Crippen LogP contribution in [0.2, 0.25) is 0 Å². The summed E-state index contributed by atoms with van der Waals surface area (Å²) in [5, 5.41) is 3.79. The summed E-state index contributed by atoms with van der Waals surface area (Å²) in [6.07, 6.45) is 6.54. The molecule has 0 spiro atoms. The van der Waals surface area contributed by atoms with E-state index in [1.165, 1.54) is 18.3 Å². The van der Waals surface area contributed by atoms with Crippen molar-refractivity contribution < 1.29 is 17.9 Å². The van der Waals surface area contributed by atoms with Crippen molar-refractivity contribution in [3.8, 4) is 18.1 Å². The number of carbonyl (C=O) groups is 1. The molecule has 0 heterocycles. The van der Waals surface area contributed by atoms with Crippen LogP contribution in [0.3, 0.4) is 0 Å². The minimum atomic E-state index is -3.75. The summed E-state index contributed by atoms with van der Waals surface area (Å²) in [4.78, 5) is 11.8. The van der Waals surface area contributed by atoms with E-state index in [2.05, 4.69) is 21.2 Å². The maximum absolute atomic E-state index is 12.0. The Morgan fingerprint density at radius 2 is 1.85 bits per heavy atom. The minimum absolute atomic E-state index is 0.0795. The number of nitrogens with one attached hydrogen (secondary N) is 2. The van der Waals surface area contributed by atoms with Crippen molar-refractivity contribution in [3.05, 3.63) is 60.2 Å². The van der Waals surface area contributed by atoms with Crippen LogP contribution >= 0.6 is 0 Å². The van der Waals surface area contributed by atoms with Gasteiger partial charge in [-0.2, -0.15) is 5.10 Å². The van der Waals surface area contributed by atoms with E-state index in [-0.39, 0.29) is 11.5 Å². The summed E-state index contributed by atoms with van der Waals surface area (Å²) >= 11 is 0. The highest BCUT2D eigenvalue weighted by Crippen LogP contribution is 2.15. The second-order valence-corrected chi connectivity index (χ2v) is 6.73. The highest BCUT2D eigenvalue weighted by Gasteiger charge is 2.14. The molecule has 0 radical (unpaired) electrons. The number of terminal acetylenes is 1. The van der Waals surface area contributed by atoms with Gasteiger partial charge in [0.25, 0.3) is 5.91 Å². The van der Waals surface area contributed by atoms with Gasteiger partial charge in [0.2, 0.25) is 10.0 Å². The van der Waals surface area contributed by atoms with Crippen LogP contribution in [-0.2, 0) is 14.8 Å². The number of carbonyl (C=O) groups excluding carboxylic acids is 1. The molecule has 0 aliphatic heterocycles. The molecule has 1 amide bonds. The summed E-state index contributed by atoms with van der Waals surface area (Å²) in [5.74, 6) is 2.27. The van der Waals surface area contributed by atoms with Gasteiger partial charge < -0.3 is 4.74 Å². The molecule has 134 valence electrons. The van der Waals surface area contributed by atoms with Gasteiger partial charge in [0.15, 0.2) is 0 Å². The van der Waals surface area contributed by atoms with Gasteiger partial charge in [-0.05, 0) is 24.3 Å². The lowest BCUT2D eigenvalue weighted by atomic mass is 10.2. The maximum Gasteiger partial charge on any atom is 0.255 e. The number of nitrogens with zero attached hydrogens (tertiary/aromatic N) is 1. The lowest BCUT2D eigenvalue weighted by Gasteiger charge is -2.06. The Kier molecular flexibility index (Phi) is 6.91. The summed E-state index contributed by atoms with van der Waals surface area (Å²) in [5.41, 5.74) is 2.86. The summed E-state index contributed by atoms with van der Waals surface area (Å²) in [7, 11) is -3.75. The normalized spacial score (nSPS) is 11.0. The predicted octanol–water partition coefficient (Wildman–Crippen LogP) is 1.13. The number of hydrazone groups is 1. The van der Waals surface area contributed by atoms with Crippen LogP contribution in [0.25, 0.3) is 0 Å². The first-order valence-corrected chi connectivity index (χ1v) is 9.03. The zero-order chi connectivity index (χ0) is 18.8. The molecule has 2 aromatic rings. The van der Waals surface area contributed by atoms with E-state index in [0.717, 1.165) is 0 Å². The van der Waals surface area contributed by atoms with E-state index in [1.807, 2.05) is 0 Å². The lowest BCUT2D eigenvalue weighted by Crippen LogP contribution is -2.34.